The fraction of sp³-hybridized carbons (Fsp3) is 0.500. The first-order valence-corrected chi connectivity index (χ1v) is 7.29. The van der Waals surface area contributed by atoms with Gasteiger partial charge in [-0.3, -0.25) is 4.21 Å². The molecular formula is C12H15NO3S. The third-order valence-corrected chi connectivity index (χ3v) is 4.54. The van der Waals surface area contributed by atoms with Crippen molar-refractivity contribution in [1.82, 2.24) is 5.32 Å². The first-order chi connectivity index (χ1) is 8.33. The molecule has 3 rings (SSSR count). The van der Waals surface area contributed by atoms with Crippen LogP contribution in [0.1, 0.15) is 18.0 Å². The van der Waals surface area contributed by atoms with Gasteiger partial charge in [-0.2, -0.15) is 0 Å². The molecule has 5 heteroatoms. The Kier molecular flexibility index (Phi) is 3.03. The lowest BCUT2D eigenvalue weighted by atomic mass is 10.1. The van der Waals surface area contributed by atoms with Crippen LogP contribution >= 0.6 is 0 Å². The van der Waals surface area contributed by atoms with E-state index in [0.29, 0.717) is 12.5 Å². The van der Waals surface area contributed by atoms with Gasteiger partial charge in [0.1, 0.15) is 0 Å². The standard InChI is InChI=1S/C12H15NO3S/c14-17-5-1-4-13-10(7-17)9-2-3-11-12(6-9)16-8-15-11/h2-3,6,10,13H,1,4-5,7-8H2. The van der Waals surface area contributed by atoms with Gasteiger partial charge in [-0.15, -0.1) is 0 Å². The third-order valence-electron chi connectivity index (χ3n) is 3.09. The molecular weight excluding hydrogens is 238 g/mol. The molecule has 17 heavy (non-hydrogen) atoms. The van der Waals surface area contributed by atoms with Gasteiger partial charge in [-0.1, -0.05) is 6.07 Å². The summed E-state index contributed by atoms with van der Waals surface area (Å²) in [5, 5.41) is 3.43. The number of benzene rings is 1. The summed E-state index contributed by atoms with van der Waals surface area (Å²) in [6.45, 7) is 1.22. The van der Waals surface area contributed by atoms with Gasteiger partial charge < -0.3 is 14.8 Å². The second-order valence-electron chi connectivity index (χ2n) is 4.28. The molecule has 1 N–H and O–H groups in total. The fourth-order valence-electron chi connectivity index (χ4n) is 2.18. The summed E-state index contributed by atoms with van der Waals surface area (Å²) >= 11 is 0. The van der Waals surface area contributed by atoms with E-state index in [9.17, 15) is 4.21 Å². The predicted molar refractivity (Wildman–Crippen MR) is 65.8 cm³/mol. The molecule has 0 aliphatic carbocycles. The normalized spacial score (nSPS) is 27.8. The summed E-state index contributed by atoms with van der Waals surface area (Å²) in [7, 11) is -0.721. The molecule has 2 unspecified atom stereocenters. The van der Waals surface area contributed by atoms with Gasteiger partial charge in [0.25, 0.3) is 0 Å². The first-order valence-electron chi connectivity index (χ1n) is 5.81. The molecule has 1 fully saturated rings. The number of rotatable bonds is 1. The second kappa shape index (κ2) is 4.66. The molecule has 2 atom stereocenters. The Bertz CT molecular complexity index is 449. The lowest BCUT2D eigenvalue weighted by Gasteiger charge is -2.15. The van der Waals surface area contributed by atoms with Gasteiger partial charge in [0.15, 0.2) is 11.5 Å². The van der Waals surface area contributed by atoms with E-state index in [1.165, 1.54) is 0 Å². The molecule has 2 heterocycles. The Morgan fingerprint density at radius 2 is 2.18 bits per heavy atom. The van der Waals surface area contributed by atoms with Crippen LogP contribution in [-0.4, -0.2) is 29.1 Å². The Balaban J connectivity index is 1.85. The van der Waals surface area contributed by atoms with Crippen LogP contribution in [-0.2, 0) is 10.8 Å². The maximum absolute atomic E-state index is 11.7. The van der Waals surface area contributed by atoms with Crippen molar-refractivity contribution < 1.29 is 13.7 Å². The van der Waals surface area contributed by atoms with E-state index >= 15 is 0 Å². The molecule has 4 nitrogen and oxygen atoms in total. The fourth-order valence-corrected chi connectivity index (χ4v) is 3.50. The summed E-state index contributed by atoms with van der Waals surface area (Å²) in [5.41, 5.74) is 1.13. The summed E-state index contributed by atoms with van der Waals surface area (Å²) in [6.07, 6.45) is 0.980. The van der Waals surface area contributed by atoms with Crippen molar-refractivity contribution in [2.45, 2.75) is 12.5 Å². The van der Waals surface area contributed by atoms with Crippen molar-refractivity contribution in [2.75, 3.05) is 24.8 Å². The minimum Gasteiger partial charge on any atom is -0.454 e. The zero-order valence-electron chi connectivity index (χ0n) is 9.48. The maximum atomic E-state index is 11.7. The smallest absolute Gasteiger partial charge is 0.231 e. The molecule has 92 valence electrons. The minimum atomic E-state index is -0.721. The highest BCUT2D eigenvalue weighted by atomic mass is 32.2. The van der Waals surface area contributed by atoms with Crippen molar-refractivity contribution in [3.05, 3.63) is 23.8 Å². The van der Waals surface area contributed by atoms with Crippen LogP contribution in [0.2, 0.25) is 0 Å². The highest BCUT2D eigenvalue weighted by Crippen LogP contribution is 2.34. The molecule has 2 aliphatic heterocycles. The molecule has 1 aromatic rings. The van der Waals surface area contributed by atoms with E-state index in [2.05, 4.69) is 5.32 Å². The van der Waals surface area contributed by atoms with Gasteiger partial charge in [0.2, 0.25) is 6.79 Å². The molecule has 0 saturated carbocycles. The summed E-state index contributed by atoms with van der Waals surface area (Å²) in [4.78, 5) is 0. The monoisotopic (exact) mass is 253 g/mol. The molecule has 0 amide bonds. The molecule has 2 aliphatic rings. The lowest BCUT2D eigenvalue weighted by molar-refractivity contribution is 0.174. The van der Waals surface area contributed by atoms with Gasteiger partial charge in [-0.25, -0.2) is 0 Å². The van der Waals surface area contributed by atoms with Crippen LogP contribution in [0.4, 0.5) is 0 Å². The van der Waals surface area contributed by atoms with Crippen LogP contribution in [0.5, 0.6) is 11.5 Å². The van der Waals surface area contributed by atoms with Gasteiger partial charge in [0.05, 0.1) is 0 Å². The number of hydrogen-bond donors (Lipinski definition) is 1. The van der Waals surface area contributed by atoms with Crippen LogP contribution in [0.3, 0.4) is 0 Å². The largest absolute Gasteiger partial charge is 0.454 e. The van der Waals surface area contributed by atoms with Crippen LogP contribution in [0.15, 0.2) is 18.2 Å². The number of ether oxygens (including phenoxy) is 2. The van der Waals surface area contributed by atoms with Crippen LogP contribution < -0.4 is 14.8 Å². The van der Waals surface area contributed by atoms with E-state index in [1.807, 2.05) is 18.2 Å². The molecule has 0 radical (unpaired) electrons. The molecule has 1 saturated heterocycles. The van der Waals surface area contributed by atoms with Crippen molar-refractivity contribution in [3.63, 3.8) is 0 Å². The zero-order chi connectivity index (χ0) is 11.7. The average molecular weight is 253 g/mol. The van der Waals surface area contributed by atoms with Crippen molar-refractivity contribution in [2.24, 2.45) is 0 Å². The Labute approximate surface area is 103 Å². The van der Waals surface area contributed by atoms with Crippen molar-refractivity contribution >= 4 is 10.8 Å². The van der Waals surface area contributed by atoms with E-state index in [4.69, 9.17) is 9.47 Å². The van der Waals surface area contributed by atoms with Crippen molar-refractivity contribution in [1.29, 1.82) is 0 Å². The maximum Gasteiger partial charge on any atom is 0.231 e. The number of nitrogens with one attached hydrogen (secondary N) is 1. The van der Waals surface area contributed by atoms with Gasteiger partial charge in [-0.05, 0) is 30.7 Å². The summed E-state index contributed by atoms with van der Waals surface area (Å²) < 4.78 is 22.4. The van der Waals surface area contributed by atoms with Crippen LogP contribution in [0.25, 0.3) is 0 Å². The average Bonchev–Trinajstić information content (AvgIpc) is 2.69. The van der Waals surface area contributed by atoms with Gasteiger partial charge >= 0.3 is 0 Å². The Morgan fingerprint density at radius 1 is 1.29 bits per heavy atom. The molecule has 0 bridgehead atoms. The van der Waals surface area contributed by atoms with E-state index in [1.54, 1.807) is 0 Å². The van der Waals surface area contributed by atoms with E-state index in [-0.39, 0.29) is 6.04 Å². The minimum absolute atomic E-state index is 0.160. The SMILES string of the molecule is O=S1CCCNC(c2ccc3c(c2)OCO3)C1. The highest BCUT2D eigenvalue weighted by molar-refractivity contribution is 7.85. The molecule has 1 aromatic carbocycles. The summed E-state index contributed by atoms with van der Waals surface area (Å²) in [5.74, 6) is 3.07. The second-order valence-corrected chi connectivity index (χ2v) is 5.90. The zero-order valence-corrected chi connectivity index (χ0v) is 10.3. The predicted octanol–water partition coefficient (Wildman–Crippen LogP) is 1.20. The lowest BCUT2D eigenvalue weighted by Crippen LogP contribution is -2.23. The number of fused-ring (bicyclic) bond motifs is 1. The van der Waals surface area contributed by atoms with Crippen molar-refractivity contribution in [3.8, 4) is 11.5 Å². The van der Waals surface area contributed by atoms with E-state index in [0.717, 1.165) is 35.8 Å². The first kappa shape index (κ1) is 11.0. The Hall–Kier alpha value is -1.07. The molecule has 0 aromatic heterocycles. The van der Waals surface area contributed by atoms with Gasteiger partial charge in [0, 0.05) is 28.3 Å². The third kappa shape index (κ3) is 2.30. The summed E-state index contributed by atoms with van der Waals surface area (Å²) in [6, 6.07) is 6.09. The quantitative estimate of drug-likeness (QED) is 0.817. The Morgan fingerprint density at radius 3 is 3.12 bits per heavy atom. The number of hydrogen-bond acceptors (Lipinski definition) is 4. The van der Waals surface area contributed by atoms with E-state index < -0.39 is 10.8 Å². The topological polar surface area (TPSA) is 47.6 Å². The molecule has 0 spiro atoms. The van der Waals surface area contributed by atoms with Crippen LogP contribution in [0, 0.1) is 0 Å². The highest BCUT2D eigenvalue weighted by Gasteiger charge is 2.21.